The highest BCUT2D eigenvalue weighted by Gasteiger charge is 2.27. The zero-order chi connectivity index (χ0) is 13.2. The molecule has 3 N–H and O–H groups in total. The molecule has 19 heavy (non-hydrogen) atoms. The summed E-state index contributed by atoms with van der Waals surface area (Å²) in [5.74, 6) is 2.00. The number of hydrogen-bond acceptors (Lipinski definition) is 3. The Balaban J connectivity index is 1.75. The van der Waals surface area contributed by atoms with Gasteiger partial charge in [-0.15, -0.1) is 0 Å². The second-order valence-electron chi connectivity index (χ2n) is 5.29. The number of benzene rings is 1. The van der Waals surface area contributed by atoms with E-state index in [9.17, 15) is 5.11 Å². The number of aromatic nitrogens is 1. The number of hydrogen-bond donors (Lipinski definition) is 2. The predicted octanol–water partition coefficient (Wildman–Crippen LogP) is 3.42. The van der Waals surface area contributed by atoms with Crippen molar-refractivity contribution in [2.75, 3.05) is 5.73 Å². The molecule has 1 aromatic carbocycles. The van der Waals surface area contributed by atoms with Gasteiger partial charge in [0, 0.05) is 11.6 Å². The number of phenolic OH excluding ortho intramolecular Hbond substituents is 1. The average molecular weight is 254 g/mol. The number of pyridine rings is 1. The summed E-state index contributed by atoms with van der Waals surface area (Å²) in [6, 6.07) is 13.5. The number of nitrogen functional groups attached to an aromatic ring is 1. The molecule has 1 aromatic heterocycles. The first kappa shape index (κ1) is 12.0. The van der Waals surface area contributed by atoms with Gasteiger partial charge in [-0.25, -0.2) is 4.98 Å². The largest absolute Gasteiger partial charge is 0.508 e. The minimum atomic E-state index is 0.329. The van der Waals surface area contributed by atoms with Crippen molar-refractivity contribution < 1.29 is 5.11 Å². The Labute approximate surface area is 113 Å². The Morgan fingerprint density at radius 1 is 1.00 bits per heavy atom. The Morgan fingerprint density at radius 2 is 1.74 bits per heavy atom. The topological polar surface area (TPSA) is 59.1 Å². The summed E-state index contributed by atoms with van der Waals surface area (Å²) in [4.78, 5) is 4.44. The number of aromatic hydroxyl groups is 1. The fourth-order valence-corrected chi connectivity index (χ4v) is 3.00. The van der Waals surface area contributed by atoms with E-state index >= 15 is 0 Å². The fourth-order valence-electron chi connectivity index (χ4n) is 3.00. The molecule has 2 aromatic rings. The van der Waals surface area contributed by atoms with E-state index in [1.165, 1.54) is 12.0 Å². The maximum Gasteiger partial charge on any atom is 0.123 e. The lowest BCUT2D eigenvalue weighted by molar-refractivity contribution is 0.475. The van der Waals surface area contributed by atoms with Crippen molar-refractivity contribution in [3.63, 3.8) is 0 Å². The molecule has 1 heterocycles. The zero-order valence-corrected chi connectivity index (χ0v) is 10.8. The quantitative estimate of drug-likeness (QED) is 0.863. The van der Waals surface area contributed by atoms with Crippen molar-refractivity contribution in [2.45, 2.75) is 31.1 Å². The molecule has 0 bridgehead atoms. The maximum absolute atomic E-state index is 9.34. The molecule has 98 valence electrons. The van der Waals surface area contributed by atoms with Crippen LogP contribution in [0.1, 0.15) is 42.4 Å². The standard InChI is InChI=1S/C16H18N2O/c17-16-3-1-2-15(18-16)13-5-4-12(10-13)11-6-8-14(19)9-7-11/h1-3,6-9,12-13,19H,4-5,10H2,(H2,17,18). The highest BCUT2D eigenvalue weighted by atomic mass is 16.3. The molecule has 1 aliphatic rings. The van der Waals surface area contributed by atoms with Gasteiger partial charge in [-0.2, -0.15) is 0 Å². The third-order valence-corrected chi connectivity index (χ3v) is 4.01. The smallest absolute Gasteiger partial charge is 0.123 e. The summed E-state index contributed by atoms with van der Waals surface area (Å²) >= 11 is 0. The Bertz CT molecular complexity index is 565. The molecule has 1 aliphatic carbocycles. The molecular weight excluding hydrogens is 236 g/mol. The SMILES string of the molecule is Nc1cccc(C2CCC(c3ccc(O)cc3)C2)n1. The molecule has 1 saturated carbocycles. The second kappa shape index (κ2) is 4.92. The van der Waals surface area contributed by atoms with Crippen LogP contribution in [0.15, 0.2) is 42.5 Å². The molecule has 3 rings (SSSR count). The number of anilines is 1. The first-order valence-corrected chi connectivity index (χ1v) is 6.74. The minimum Gasteiger partial charge on any atom is -0.508 e. The summed E-state index contributed by atoms with van der Waals surface area (Å²) in [6.45, 7) is 0. The van der Waals surface area contributed by atoms with E-state index in [1.54, 1.807) is 12.1 Å². The van der Waals surface area contributed by atoms with E-state index in [-0.39, 0.29) is 0 Å². The van der Waals surface area contributed by atoms with Gasteiger partial charge in [-0.3, -0.25) is 0 Å². The van der Waals surface area contributed by atoms with Crippen LogP contribution >= 0.6 is 0 Å². The normalized spacial score (nSPS) is 22.5. The Morgan fingerprint density at radius 3 is 2.47 bits per heavy atom. The predicted molar refractivity (Wildman–Crippen MR) is 76.1 cm³/mol. The van der Waals surface area contributed by atoms with Gasteiger partial charge in [0.05, 0.1) is 0 Å². The van der Waals surface area contributed by atoms with Crippen molar-refractivity contribution in [1.29, 1.82) is 0 Å². The highest BCUT2D eigenvalue weighted by molar-refractivity contribution is 5.32. The van der Waals surface area contributed by atoms with Crippen LogP contribution in [0.4, 0.5) is 5.82 Å². The molecule has 0 aliphatic heterocycles. The van der Waals surface area contributed by atoms with Crippen LogP contribution in [0, 0.1) is 0 Å². The molecule has 2 unspecified atom stereocenters. The molecule has 1 fully saturated rings. The van der Waals surface area contributed by atoms with Gasteiger partial charge in [0.25, 0.3) is 0 Å². The Kier molecular flexibility index (Phi) is 3.11. The van der Waals surface area contributed by atoms with E-state index in [0.717, 1.165) is 18.5 Å². The lowest BCUT2D eigenvalue weighted by Gasteiger charge is -2.12. The number of phenols is 1. The van der Waals surface area contributed by atoms with Crippen LogP contribution in [0.25, 0.3) is 0 Å². The van der Waals surface area contributed by atoms with E-state index in [4.69, 9.17) is 5.73 Å². The van der Waals surface area contributed by atoms with E-state index in [2.05, 4.69) is 11.1 Å². The zero-order valence-electron chi connectivity index (χ0n) is 10.8. The molecule has 0 spiro atoms. The van der Waals surface area contributed by atoms with Gasteiger partial charge in [-0.05, 0) is 55.0 Å². The van der Waals surface area contributed by atoms with Gasteiger partial charge in [0.1, 0.15) is 11.6 Å². The van der Waals surface area contributed by atoms with Crippen molar-refractivity contribution >= 4 is 5.82 Å². The first-order chi connectivity index (χ1) is 9.22. The lowest BCUT2D eigenvalue weighted by Crippen LogP contribution is -2.00. The summed E-state index contributed by atoms with van der Waals surface area (Å²) in [5, 5.41) is 9.34. The average Bonchev–Trinajstić information content (AvgIpc) is 2.89. The molecule has 0 radical (unpaired) electrons. The van der Waals surface area contributed by atoms with Crippen molar-refractivity contribution in [3.05, 3.63) is 53.7 Å². The molecular formula is C16H18N2O. The lowest BCUT2D eigenvalue weighted by atomic mass is 9.95. The van der Waals surface area contributed by atoms with Gasteiger partial charge < -0.3 is 10.8 Å². The van der Waals surface area contributed by atoms with Crippen molar-refractivity contribution in [2.24, 2.45) is 0 Å². The number of nitrogens with zero attached hydrogens (tertiary/aromatic N) is 1. The summed E-state index contributed by atoms with van der Waals surface area (Å²) in [5.41, 5.74) is 8.17. The maximum atomic E-state index is 9.34. The third kappa shape index (κ3) is 2.55. The summed E-state index contributed by atoms with van der Waals surface area (Å²) in [7, 11) is 0. The van der Waals surface area contributed by atoms with E-state index in [0.29, 0.717) is 23.4 Å². The van der Waals surface area contributed by atoms with Crippen molar-refractivity contribution in [3.8, 4) is 5.75 Å². The van der Waals surface area contributed by atoms with Crippen LogP contribution < -0.4 is 5.73 Å². The van der Waals surface area contributed by atoms with Gasteiger partial charge >= 0.3 is 0 Å². The van der Waals surface area contributed by atoms with E-state index in [1.807, 2.05) is 24.3 Å². The molecule has 3 heteroatoms. The van der Waals surface area contributed by atoms with Gasteiger partial charge in [-0.1, -0.05) is 18.2 Å². The van der Waals surface area contributed by atoms with Crippen LogP contribution in [0.2, 0.25) is 0 Å². The molecule has 3 nitrogen and oxygen atoms in total. The minimum absolute atomic E-state index is 0.329. The third-order valence-electron chi connectivity index (χ3n) is 4.01. The van der Waals surface area contributed by atoms with Gasteiger partial charge in [0.2, 0.25) is 0 Å². The molecule has 0 amide bonds. The van der Waals surface area contributed by atoms with Crippen molar-refractivity contribution in [1.82, 2.24) is 4.98 Å². The van der Waals surface area contributed by atoms with Crippen LogP contribution in [-0.2, 0) is 0 Å². The monoisotopic (exact) mass is 254 g/mol. The number of nitrogens with two attached hydrogens (primary N) is 1. The first-order valence-electron chi connectivity index (χ1n) is 6.74. The fraction of sp³-hybridized carbons (Fsp3) is 0.312. The number of rotatable bonds is 2. The molecule has 2 atom stereocenters. The Hall–Kier alpha value is -2.03. The van der Waals surface area contributed by atoms with Crippen LogP contribution in [0.3, 0.4) is 0 Å². The van der Waals surface area contributed by atoms with Gasteiger partial charge in [0.15, 0.2) is 0 Å². The second-order valence-corrected chi connectivity index (χ2v) is 5.29. The highest BCUT2D eigenvalue weighted by Crippen LogP contribution is 2.43. The summed E-state index contributed by atoms with van der Waals surface area (Å²) in [6.07, 6.45) is 3.44. The summed E-state index contributed by atoms with van der Waals surface area (Å²) < 4.78 is 0. The van der Waals surface area contributed by atoms with Crippen LogP contribution in [-0.4, -0.2) is 10.1 Å². The van der Waals surface area contributed by atoms with E-state index < -0.39 is 0 Å². The molecule has 0 saturated heterocycles. The van der Waals surface area contributed by atoms with Crippen LogP contribution in [0.5, 0.6) is 5.75 Å².